The van der Waals surface area contributed by atoms with Crippen LogP contribution >= 0.6 is 0 Å². The lowest BCUT2D eigenvalue weighted by atomic mass is 9.91. The molecule has 0 radical (unpaired) electrons. The van der Waals surface area contributed by atoms with Crippen molar-refractivity contribution in [3.05, 3.63) is 70.3 Å². The molecule has 4 nitrogen and oxygen atoms in total. The highest BCUT2D eigenvalue weighted by atomic mass is 16.6. The number of rotatable bonds is 5. The van der Waals surface area contributed by atoms with Gasteiger partial charge in [0.1, 0.15) is 0 Å². The molecule has 4 bridgehead atoms. The molecule has 2 aromatic rings. The van der Waals surface area contributed by atoms with E-state index >= 15 is 0 Å². The predicted molar refractivity (Wildman–Crippen MR) is 121 cm³/mol. The minimum absolute atomic E-state index is 0.166. The molecule has 0 N–H and O–H groups in total. The summed E-state index contributed by atoms with van der Waals surface area (Å²) in [6.07, 6.45) is 6.60. The Hall–Kier alpha value is -2.33. The number of carbonyl (C=O) groups excluding carboxylic acids is 1. The van der Waals surface area contributed by atoms with E-state index in [0.717, 1.165) is 64.8 Å². The number of hydrogen-bond acceptors (Lipinski definition) is 3. The van der Waals surface area contributed by atoms with Crippen LogP contribution < -0.4 is 0 Å². The summed E-state index contributed by atoms with van der Waals surface area (Å²) in [7, 11) is 0. The van der Waals surface area contributed by atoms with Gasteiger partial charge in [-0.05, 0) is 79.8 Å². The number of nitrogens with zero attached hydrogens (tertiary/aromatic N) is 2. The topological polar surface area (TPSA) is 32.8 Å². The minimum Gasteiger partial charge on any atom is -0.450 e. The summed E-state index contributed by atoms with van der Waals surface area (Å²) in [6, 6.07) is 16.4. The summed E-state index contributed by atoms with van der Waals surface area (Å²) in [4.78, 5) is 16.2. The number of ether oxygens (including phenoxy) is 1. The van der Waals surface area contributed by atoms with Crippen molar-refractivity contribution in [2.45, 2.75) is 45.4 Å². The normalized spacial score (nSPS) is 16.9. The Labute approximate surface area is 180 Å². The van der Waals surface area contributed by atoms with Crippen molar-refractivity contribution in [1.29, 1.82) is 0 Å². The molecule has 1 heterocycles. The average Bonchev–Trinajstić information content (AvgIpc) is 2.77. The summed E-state index contributed by atoms with van der Waals surface area (Å²) in [5.41, 5.74) is 7.38. The standard InChI is InChI=1S/C26H34N2O2/c1-2-30-26(29)28-18-16-27(17-19-28)15-3-4-25-20-23-10-9-21-5-7-22(8-6-21)11-13-24(25)14-12-23/h5-8,12,14,20H,2-4,9-11,13,15-19H2,1H3. The molecule has 4 heteroatoms. The van der Waals surface area contributed by atoms with Gasteiger partial charge in [0.15, 0.2) is 0 Å². The molecule has 4 aliphatic carbocycles. The highest BCUT2D eigenvalue weighted by Gasteiger charge is 2.21. The molecular weight excluding hydrogens is 372 g/mol. The highest BCUT2D eigenvalue weighted by Crippen LogP contribution is 2.20. The largest absolute Gasteiger partial charge is 0.450 e. The van der Waals surface area contributed by atoms with Gasteiger partial charge in [-0.3, -0.25) is 4.90 Å². The Kier molecular flexibility index (Phi) is 7.06. The maximum atomic E-state index is 11.9. The van der Waals surface area contributed by atoms with Gasteiger partial charge in [-0.2, -0.15) is 0 Å². The average molecular weight is 407 g/mol. The lowest BCUT2D eigenvalue weighted by molar-refractivity contribution is 0.0794. The summed E-state index contributed by atoms with van der Waals surface area (Å²) < 4.78 is 5.12. The van der Waals surface area contributed by atoms with E-state index in [0.29, 0.717) is 6.61 Å². The Bertz CT molecular complexity index is 839. The van der Waals surface area contributed by atoms with Crippen molar-refractivity contribution >= 4 is 6.09 Å². The van der Waals surface area contributed by atoms with E-state index in [-0.39, 0.29) is 6.09 Å². The lowest BCUT2D eigenvalue weighted by Crippen LogP contribution is -2.49. The fourth-order valence-corrected chi connectivity index (χ4v) is 4.61. The van der Waals surface area contributed by atoms with Crippen LogP contribution in [0.2, 0.25) is 0 Å². The molecule has 2 aromatic carbocycles. The molecule has 1 aliphatic heterocycles. The predicted octanol–water partition coefficient (Wildman–Crippen LogP) is 4.28. The second-order valence-corrected chi connectivity index (χ2v) is 8.55. The van der Waals surface area contributed by atoms with Crippen LogP contribution in [-0.2, 0) is 36.8 Å². The first-order valence-corrected chi connectivity index (χ1v) is 11.5. The fraction of sp³-hybridized carbons (Fsp3) is 0.500. The summed E-state index contributed by atoms with van der Waals surface area (Å²) in [6.45, 7) is 6.85. The van der Waals surface area contributed by atoms with Gasteiger partial charge in [0.05, 0.1) is 6.61 Å². The van der Waals surface area contributed by atoms with Gasteiger partial charge in [0, 0.05) is 26.2 Å². The molecular formula is C26H34N2O2. The van der Waals surface area contributed by atoms with Crippen LogP contribution in [0, 0.1) is 0 Å². The number of piperazine rings is 1. The number of aryl methyl sites for hydroxylation is 5. The van der Waals surface area contributed by atoms with Crippen LogP contribution in [0.15, 0.2) is 42.5 Å². The number of amides is 1. The zero-order valence-electron chi connectivity index (χ0n) is 18.2. The van der Waals surface area contributed by atoms with E-state index in [1.807, 2.05) is 11.8 Å². The molecule has 30 heavy (non-hydrogen) atoms. The number of hydrogen-bond donors (Lipinski definition) is 0. The van der Waals surface area contributed by atoms with Gasteiger partial charge < -0.3 is 9.64 Å². The van der Waals surface area contributed by atoms with Crippen molar-refractivity contribution < 1.29 is 9.53 Å². The van der Waals surface area contributed by atoms with Crippen molar-refractivity contribution in [2.75, 3.05) is 39.3 Å². The van der Waals surface area contributed by atoms with E-state index in [9.17, 15) is 4.79 Å². The van der Waals surface area contributed by atoms with E-state index in [1.165, 1.54) is 34.2 Å². The maximum Gasteiger partial charge on any atom is 0.409 e. The lowest BCUT2D eigenvalue weighted by Gasteiger charge is -2.34. The smallest absolute Gasteiger partial charge is 0.409 e. The molecule has 0 atom stereocenters. The second-order valence-electron chi connectivity index (χ2n) is 8.55. The quantitative estimate of drug-likeness (QED) is 0.743. The fourth-order valence-electron chi connectivity index (χ4n) is 4.61. The van der Waals surface area contributed by atoms with Crippen LogP contribution in [0.3, 0.4) is 0 Å². The molecule has 160 valence electrons. The van der Waals surface area contributed by atoms with Gasteiger partial charge in [-0.25, -0.2) is 4.79 Å². The molecule has 1 fully saturated rings. The van der Waals surface area contributed by atoms with Crippen molar-refractivity contribution in [3.63, 3.8) is 0 Å². The maximum absolute atomic E-state index is 11.9. The number of benzene rings is 2. The number of carbonyl (C=O) groups is 1. The van der Waals surface area contributed by atoms with Crippen LogP contribution in [0.25, 0.3) is 0 Å². The zero-order valence-corrected chi connectivity index (χ0v) is 18.2. The Balaban J connectivity index is 1.31. The second kappa shape index (κ2) is 10.1. The third-order valence-corrected chi connectivity index (χ3v) is 6.50. The van der Waals surface area contributed by atoms with Gasteiger partial charge in [0.25, 0.3) is 0 Å². The minimum atomic E-state index is -0.166. The van der Waals surface area contributed by atoms with Crippen molar-refractivity contribution in [1.82, 2.24) is 9.80 Å². The third-order valence-electron chi connectivity index (χ3n) is 6.50. The van der Waals surface area contributed by atoms with Crippen LogP contribution in [0.5, 0.6) is 0 Å². The summed E-state index contributed by atoms with van der Waals surface area (Å²) >= 11 is 0. The molecule has 0 aromatic heterocycles. The Morgan fingerprint density at radius 1 is 0.867 bits per heavy atom. The molecule has 1 saturated heterocycles. The summed E-state index contributed by atoms with van der Waals surface area (Å²) in [5.74, 6) is 0. The molecule has 0 spiro atoms. The zero-order chi connectivity index (χ0) is 20.8. The Morgan fingerprint density at radius 2 is 1.50 bits per heavy atom. The summed E-state index contributed by atoms with van der Waals surface area (Å²) in [5, 5.41) is 0. The van der Waals surface area contributed by atoms with Gasteiger partial charge in [0.2, 0.25) is 0 Å². The first kappa shape index (κ1) is 20.9. The van der Waals surface area contributed by atoms with Crippen LogP contribution in [0.1, 0.15) is 41.2 Å². The molecule has 1 amide bonds. The van der Waals surface area contributed by atoms with Crippen LogP contribution in [-0.4, -0.2) is 55.2 Å². The van der Waals surface area contributed by atoms with Gasteiger partial charge in [-0.15, -0.1) is 0 Å². The Morgan fingerprint density at radius 3 is 2.20 bits per heavy atom. The molecule has 0 unspecified atom stereocenters. The third kappa shape index (κ3) is 5.42. The monoisotopic (exact) mass is 406 g/mol. The van der Waals surface area contributed by atoms with E-state index < -0.39 is 0 Å². The highest BCUT2D eigenvalue weighted by molar-refractivity contribution is 5.67. The van der Waals surface area contributed by atoms with Crippen molar-refractivity contribution in [3.8, 4) is 0 Å². The molecule has 0 saturated carbocycles. The van der Waals surface area contributed by atoms with E-state index in [4.69, 9.17) is 4.74 Å². The first-order valence-electron chi connectivity index (χ1n) is 11.5. The first-order chi connectivity index (χ1) is 14.7. The molecule has 7 rings (SSSR count). The van der Waals surface area contributed by atoms with Crippen molar-refractivity contribution in [2.24, 2.45) is 0 Å². The van der Waals surface area contributed by atoms with Gasteiger partial charge >= 0.3 is 6.09 Å². The van der Waals surface area contributed by atoms with Gasteiger partial charge in [-0.1, -0.05) is 42.5 Å². The van der Waals surface area contributed by atoms with E-state index in [2.05, 4.69) is 47.4 Å². The SMILES string of the molecule is CCOC(=O)N1CCN(CCCc2cc3ccc2CCc2ccc(cc2)CC3)CC1. The van der Waals surface area contributed by atoms with E-state index in [1.54, 1.807) is 0 Å². The molecule has 5 aliphatic rings. The van der Waals surface area contributed by atoms with Crippen LogP contribution in [0.4, 0.5) is 4.79 Å².